The van der Waals surface area contributed by atoms with Crippen LogP contribution in [0.15, 0.2) is 66.9 Å². The third-order valence-electron chi connectivity index (χ3n) is 3.68. The fourth-order valence-electron chi connectivity index (χ4n) is 2.50. The summed E-state index contributed by atoms with van der Waals surface area (Å²) < 4.78 is 0. The zero-order valence-corrected chi connectivity index (χ0v) is 13.1. The van der Waals surface area contributed by atoms with Crippen molar-refractivity contribution in [2.24, 2.45) is 0 Å². The molecule has 2 N–H and O–H groups in total. The van der Waals surface area contributed by atoms with Crippen molar-refractivity contribution in [2.75, 3.05) is 6.54 Å². The zero-order valence-electron chi connectivity index (χ0n) is 12.4. The van der Waals surface area contributed by atoms with E-state index in [-0.39, 0.29) is 0 Å². The predicted molar refractivity (Wildman–Crippen MR) is 93.1 cm³/mol. The van der Waals surface area contributed by atoms with E-state index in [4.69, 9.17) is 11.6 Å². The summed E-state index contributed by atoms with van der Waals surface area (Å²) >= 11 is 6.43. The highest BCUT2D eigenvalue weighted by Crippen LogP contribution is 2.28. The Morgan fingerprint density at radius 3 is 2.55 bits per heavy atom. The van der Waals surface area contributed by atoms with E-state index in [0.717, 1.165) is 35.7 Å². The van der Waals surface area contributed by atoms with Gasteiger partial charge in [-0.1, -0.05) is 54.1 Å². The minimum atomic E-state index is 0.801. The normalized spacial score (nSPS) is 10.8. The van der Waals surface area contributed by atoms with Crippen molar-refractivity contribution in [2.45, 2.75) is 13.0 Å². The molecule has 3 rings (SSSR count). The quantitative estimate of drug-likeness (QED) is 0.636. The van der Waals surface area contributed by atoms with Crippen molar-refractivity contribution < 1.29 is 0 Å². The van der Waals surface area contributed by atoms with Crippen LogP contribution in [0.25, 0.3) is 11.1 Å². The summed E-state index contributed by atoms with van der Waals surface area (Å²) in [4.78, 5) is 3.21. The first-order chi connectivity index (χ1) is 10.8. The molecule has 2 nitrogen and oxygen atoms in total. The summed E-state index contributed by atoms with van der Waals surface area (Å²) in [6.45, 7) is 1.77. The molecule has 0 aliphatic carbocycles. The summed E-state index contributed by atoms with van der Waals surface area (Å²) in [5.41, 5.74) is 4.69. The molecule has 0 aliphatic rings. The van der Waals surface area contributed by atoms with Gasteiger partial charge in [0.25, 0.3) is 0 Å². The summed E-state index contributed by atoms with van der Waals surface area (Å²) in [6, 6.07) is 20.6. The third-order valence-corrected chi connectivity index (χ3v) is 3.99. The second-order valence-electron chi connectivity index (χ2n) is 5.30. The van der Waals surface area contributed by atoms with Crippen molar-refractivity contribution in [1.29, 1.82) is 0 Å². The van der Waals surface area contributed by atoms with Crippen molar-refractivity contribution in [3.05, 3.63) is 83.1 Å². The van der Waals surface area contributed by atoms with E-state index in [0.29, 0.717) is 0 Å². The van der Waals surface area contributed by atoms with Crippen molar-refractivity contribution in [3.8, 4) is 11.1 Å². The van der Waals surface area contributed by atoms with Gasteiger partial charge in [0.2, 0.25) is 0 Å². The van der Waals surface area contributed by atoms with Crippen LogP contribution in [0.2, 0.25) is 5.02 Å². The van der Waals surface area contributed by atoms with E-state index in [2.05, 4.69) is 40.6 Å². The van der Waals surface area contributed by atoms with E-state index in [1.807, 2.05) is 36.5 Å². The fourth-order valence-corrected chi connectivity index (χ4v) is 2.81. The molecule has 0 bridgehead atoms. The first kappa shape index (κ1) is 14.9. The van der Waals surface area contributed by atoms with Crippen LogP contribution in [0.5, 0.6) is 0 Å². The Morgan fingerprint density at radius 1 is 0.955 bits per heavy atom. The molecule has 0 unspecified atom stereocenters. The van der Waals surface area contributed by atoms with Gasteiger partial charge in [0, 0.05) is 35.6 Å². The highest BCUT2D eigenvalue weighted by Gasteiger charge is 2.04. The van der Waals surface area contributed by atoms with Gasteiger partial charge in [0.05, 0.1) is 0 Å². The Morgan fingerprint density at radius 2 is 1.82 bits per heavy atom. The molecule has 3 aromatic rings. The Balaban J connectivity index is 1.58. The number of hydrogen-bond donors (Lipinski definition) is 2. The summed E-state index contributed by atoms with van der Waals surface area (Å²) in [5.74, 6) is 0. The molecular formula is C19H19ClN2. The molecule has 0 saturated heterocycles. The second-order valence-corrected chi connectivity index (χ2v) is 5.71. The smallest absolute Gasteiger partial charge is 0.0487 e. The van der Waals surface area contributed by atoms with Crippen LogP contribution < -0.4 is 5.32 Å². The van der Waals surface area contributed by atoms with Crippen LogP contribution in [0, 0.1) is 0 Å². The minimum Gasteiger partial charge on any atom is -0.365 e. The van der Waals surface area contributed by atoms with E-state index >= 15 is 0 Å². The lowest BCUT2D eigenvalue weighted by molar-refractivity contribution is 0.681. The molecule has 1 heterocycles. The highest BCUT2D eigenvalue weighted by atomic mass is 35.5. The molecule has 0 saturated carbocycles. The maximum Gasteiger partial charge on any atom is 0.0487 e. The Kier molecular flexibility index (Phi) is 4.94. The molecule has 22 heavy (non-hydrogen) atoms. The van der Waals surface area contributed by atoms with Gasteiger partial charge < -0.3 is 10.3 Å². The lowest BCUT2D eigenvalue weighted by Gasteiger charge is -2.08. The van der Waals surface area contributed by atoms with Crippen LogP contribution >= 0.6 is 11.6 Å². The lowest BCUT2D eigenvalue weighted by atomic mass is 10.0. The minimum absolute atomic E-state index is 0.801. The summed E-state index contributed by atoms with van der Waals surface area (Å²) in [6.07, 6.45) is 2.96. The average molecular weight is 311 g/mol. The molecule has 112 valence electrons. The van der Waals surface area contributed by atoms with E-state index in [1.54, 1.807) is 0 Å². The van der Waals surface area contributed by atoms with Crippen LogP contribution in [-0.4, -0.2) is 11.5 Å². The van der Waals surface area contributed by atoms with Gasteiger partial charge in [0.1, 0.15) is 0 Å². The van der Waals surface area contributed by atoms with Crippen molar-refractivity contribution in [3.63, 3.8) is 0 Å². The maximum absolute atomic E-state index is 6.43. The molecule has 0 fully saturated rings. The average Bonchev–Trinajstić information content (AvgIpc) is 3.06. The number of H-pyrrole nitrogens is 1. The molecule has 0 aliphatic heterocycles. The Labute approximate surface area is 136 Å². The first-order valence-electron chi connectivity index (χ1n) is 7.50. The van der Waals surface area contributed by atoms with Gasteiger partial charge in [-0.3, -0.25) is 0 Å². The van der Waals surface area contributed by atoms with Crippen LogP contribution in [0.1, 0.15) is 11.3 Å². The van der Waals surface area contributed by atoms with Gasteiger partial charge in [-0.15, -0.1) is 0 Å². The second kappa shape index (κ2) is 7.30. The highest BCUT2D eigenvalue weighted by molar-refractivity contribution is 6.33. The topological polar surface area (TPSA) is 27.8 Å². The van der Waals surface area contributed by atoms with E-state index in [9.17, 15) is 0 Å². The summed E-state index contributed by atoms with van der Waals surface area (Å²) in [7, 11) is 0. The van der Waals surface area contributed by atoms with E-state index < -0.39 is 0 Å². The summed E-state index contributed by atoms with van der Waals surface area (Å²) in [5, 5.41) is 4.25. The number of hydrogen-bond acceptors (Lipinski definition) is 1. The molecular weight excluding hydrogens is 292 g/mol. The van der Waals surface area contributed by atoms with Crippen LogP contribution in [-0.2, 0) is 13.0 Å². The first-order valence-corrected chi connectivity index (χ1v) is 7.87. The standard InChI is InChI=1S/C19H19ClN2/c20-19-13-15(14-21-12-10-17-7-4-11-22-17)8-9-18(19)16-5-2-1-3-6-16/h1-9,11,13,21-22H,10,12,14H2. The fraction of sp³-hybridized carbons (Fsp3) is 0.158. The number of halogens is 1. The molecule has 0 amide bonds. The lowest BCUT2D eigenvalue weighted by Crippen LogP contribution is -2.16. The van der Waals surface area contributed by atoms with Gasteiger partial charge in [-0.05, 0) is 35.7 Å². The molecule has 0 atom stereocenters. The zero-order chi connectivity index (χ0) is 15.2. The number of benzene rings is 2. The Hall–Kier alpha value is -2.03. The number of aromatic amines is 1. The van der Waals surface area contributed by atoms with E-state index in [1.165, 1.54) is 11.3 Å². The monoisotopic (exact) mass is 310 g/mol. The predicted octanol–water partition coefficient (Wildman–Crippen LogP) is 4.67. The molecule has 0 spiro atoms. The maximum atomic E-state index is 6.43. The number of aromatic nitrogens is 1. The number of nitrogens with one attached hydrogen (secondary N) is 2. The Bertz CT molecular complexity index is 706. The number of rotatable bonds is 6. The molecule has 2 aromatic carbocycles. The molecule has 0 radical (unpaired) electrons. The van der Waals surface area contributed by atoms with Crippen LogP contribution in [0.4, 0.5) is 0 Å². The van der Waals surface area contributed by atoms with Gasteiger partial charge >= 0.3 is 0 Å². The van der Waals surface area contributed by atoms with Gasteiger partial charge in [-0.2, -0.15) is 0 Å². The van der Waals surface area contributed by atoms with Gasteiger partial charge in [-0.25, -0.2) is 0 Å². The van der Waals surface area contributed by atoms with Crippen molar-refractivity contribution >= 4 is 11.6 Å². The van der Waals surface area contributed by atoms with Gasteiger partial charge in [0.15, 0.2) is 0 Å². The van der Waals surface area contributed by atoms with Crippen molar-refractivity contribution in [1.82, 2.24) is 10.3 Å². The molecule has 3 heteroatoms. The van der Waals surface area contributed by atoms with Crippen LogP contribution in [0.3, 0.4) is 0 Å². The molecule has 1 aromatic heterocycles. The SMILES string of the molecule is Clc1cc(CNCCc2ccc[nH]2)ccc1-c1ccccc1. The third kappa shape index (κ3) is 3.79. The largest absolute Gasteiger partial charge is 0.365 e.